The lowest BCUT2D eigenvalue weighted by atomic mass is 10.0. The molecule has 2 N–H and O–H groups in total. The van der Waals surface area contributed by atoms with Crippen LogP contribution in [0.25, 0.3) is 0 Å². The summed E-state index contributed by atoms with van der Waals surface area (Å²) in [5, 5.41) is 19.0. The Labute approximate surface area is 146 Å². The van der Waals surface area contributed by atoms with Gasteiger partial charge in [0, 0.05) is 21.8 Å². The highest BCUT2D eigenvalue weighted by Gasteiger charge is 2.08. The van der Waals surface area contributed by atoms with E-state index in [9.17, 15) is 15.0 Å². The van der Waals surface area contributed by atoms with Crippen LogP contribution in [-0.2, 0) is 17.6 Å². The third-order valence-electron chi connectivity index (χ3n) is 3.40. The predicted molar refractivity (Wildman–Crippen MR) is 93.3 cm³/mol. The van der Waals surface area contributed by atoms with Gasteiger partial charge < -0.3 is 10.2 Å². The highest BCUT2D eigenvalue weighted by atomic mass is 79.9. The Morgan fingerprint density at radius 1 is 0.818 bits per heavy atom. The highest BCUT2D eigenvalue weighted by Crippen LogP contribution is 2.25. The predicted octanol–water partition coefficient (Wildman–Crippen LogP) is 4.76. The number of phenolic OH excluding ortho intramolecular Hbond substituents is 2. The molecule has 0 aliphatic carbocycles. The first-order chi connectivity index (χ1) is 10.5. The Hall–Kier alpha value is -1.33. The van der Waals surface area contributed by atoms with Crippen LogP contribution in [0.1, 0.15) is 24.0 Å². The molecule has 0 amide bonds. The maximum atomic E-state index is 12.0. The quantitative estimate of drug-likeness (QED) is 0.698. The lowest BCUT2D eigenvalue weighted by molar-refractivity contribution is -0.119. The van der Waals surface area contributed by atoms with Crippen molar-refractivity contribution >= 4 is 37.6 Å². The van der Waals surface area contributed by atoms with E-state index in [2.05, 4.69) is 31.9 Å². The average Bonchev–Trinajstić information content (AvgIpc) is 2.49. The molecule has 0 saturated carbocycles. The van der Waals surface area contributed by atoms with E-state index in [1.165, 1.54) is 0 Å². The van der Waals surface area contributed by atoms with Crippen molar-refractivity contribution in [2.75, 3.05) is 0 Å². The molecule has 0 heterocycles. The molecule has 22 heavy (non-hydrogen) atoms. The second kappa shape index (κ2) is 7.79. The minimum absolute atomic E-state index is 0.158. The zero-order chi connectivity index (χ0) is 16.1. The van der Waals surface area contributed by atoms with Gasteiger partial charge in [-0.15, -0.1) is 0 Å². The first-order valence-electron chi connectivity index (χ1n) is 6.92. The number of rotatable bonds is 6. The summed E-state index contributed by atoms with van der Waals surface area (Å²) in [6.45, 7) is 0. The fraction of sp³-hybridized carbons (Fsp3) is 0.235. The molecule has 0 aliphatic rings. The largest absolute Gasteiger partial charge is 0.508 e. The van der Waals surface area contributed by atoms with Crippen molar-refractivity contribution in [2.24, 2.45) is 0 Å². The molecule has 0 aliphatic heterocycles. The molecule has 5 heteroatoms. The highest BCUT2D eigenvalue weighted by molar-refractivity contribution is 9.10. The molecule has 2 rings (SSSR count). The number of benzene rings is 2. The summed E-state index contributed by atoms with van der Waals surface area (Å²) < 4.78 is 1.79. The van der Waals surface area contributed by atoms with Gasteiger partial charge >= 0.3 is 0 Å². The van der Waals surface area contributed by atoms with E-state index < -0.39 is 0 Å². The summed E-state index contributed by atoms with van der Waals surface area (Å²) in [4.78, 5) is 12.0. The minimum Gasteiger partial charge on any atom is -0.508 e. The van der Waals surface area contributed by atoms with Gasteiger partial charge in [-0.25, -0.2) is 0 Å². The number of hydrogen-bond acceptors (Lipinski definition) is 3. The van der Waals surface area contributed by atoms with E-state index in [0.29, 0.717) is 25.7 Å². The summed E-state index contributed by atoms with van der Waals surface area (Å²) in [7, 11) is 0. The fourth-order valence-corrected chi connectivity index (χ4v) is 3.07. The van der Waals surface area contributed by atoms with Crippen LogP contribution in [0, 0.1) is 0 Å². The van der Waals surface area contributed by atoms with Crippen molar-refractivity contribution in [3.8, 4) is 11.5 Å². The fourth-order valence-electron chi connectivity index (χ4n) is 2.18. The maximum absolute atomic E-state index is 12.0. The van der Waals surface area contributed by atoms with Gasteiger partial charge in [0.05, 0.1) is 0 Å². The van der Waals surface area contributed by atoms with Crippen molar-refractivity contribution in [1.29, 1.82) is 0 Å². The molecule has 0 saturated heterocycles. The van der Waals surface area contributed by atoms with Gasteiger partial charge in [-0.05, 0) is 60.4 Å². The van der Waals surface area contributed by atoms with Crippen LogP contribution >= 0.6 is 31.9 Å². The zero-order valence-corrected chi connectivity index (χ0v) is 15.0. The number of halogens is 2. The Bertz CT molecular complexity index is 626. The number of ketones is 1. The smallest absolute Gasteiger partial charge is 0.133 e. The number of phenols is 2. The molecule has 2 aromatic rings. The van der Waals surface area contributed by atoms with Gasteiger partial charge in [-0.2, -0.15) is 0 Å². The topological polar surface area (TPSA) is 57.5 Å². The Balaban J connectivity index is 1.88. The SMILES string of the molecule is O=C(CCc1cc(O)ccc1Br)CCc1cc(O)ccc1Br. The molecule has 0 bridgehead atoms. The molecule has 116 valence electrons. The summed E-state index contributed by atoms with van der Waals surface area (Å²) in [6.07, 6.45) is 2.04. The number of carbonyl (C=O) groups excluding carboxylic acids is 1. The molecule has 0 spiro atoms. The van der Waals surface area contributed by atoms with E-state index in [1.54, 1.807) is 36.4 Å². The van der Waals surface area contributed by atoms with Gasteiger partial charge in [0.25, 0.3) is 0 Å². The first-order valence-corrected chi connectivity index (χ1v) is 8.51. The first kappa shape index (κ1) is 17.0. The standard InChI is InChI=1S/C17H16Br2O3/c18-16-7-5-14(21)9-11(16)1-3-13(20)4-2-12-10-15(22)6-8-17(12)19/h5-10,21-22H,1-4H2. The number of aryl methyl sites for hydroxylation is 2. The van der Waals surface area contributed by atoms with Crippen LogP contribution < -0.4 is 0 Å². The van der Waals surface area contributed by atoms with Crippen LogP contribution in [0.4, 0.5) is 0 Å². The molecular formula is C17H16Br2O3. The molecule has 0 atom stereocenters. The molecule has 0 unspecified atom stereocenters. The molecule has 0 fully saturated rings. The van der Waals surface area contributed by atoms with Crippen molar-refractivity contribution < 1.29 is 15.0 Å². The number of aromatic hydroxyl groups is 2. The van der Waals surface area contributed by atoms with Gasteiger partial charge in [0.15, 0.2) is 0 Å². The monoisotopic (exact) mass is 426 g/mol. The van der Waals surface area contributed by atoms with E-state index in [0.717, 1.165) is 20.1 Å². The molecule has 2 aromatic carbocycles. The van der Waals surface area contributed by atoms with Gasteiger partial charge in [0.1, 0.15) is 17.3 Å². The van der Waals surface area contributed by atoms with E-state index >= 15 is 0 Å². The number of hydrogen-bond donors (Lipinski definition) is 2. The summed E-state index contributed by atoms with van der Waals surface area (Å²) in [5.74, 6) is 0.564. The van der Waals surface area contributed by atoms with E-state index in [4.69, 9.17) is 0 Å². The lowest BCUT2D eigenvalue weighted by Gasteiger charge is -2.07. The summed E-state index contributed by atoms with van der Waals surface area (Å²) in [6, 6.07) is 10.1. The summed E-state index contributed by atoms with van der Waals surface area (Å²) >= 11 is 6.83. The summed E-state index contributed by atoms with van der Waals surface area (Å²) in [5.41, 5.74) is 1.85. The number of carbonyl (C=O) groups is 1. The number of Topliss-reactive ketones (excluding diaryl/α,β-unsaturated/α-hetero) is 1. The van der Waals surface area contributed by atoms with Crippen LogP contribution in [0.2, 0.25) is 0 Å². The second-order valence-electron chi connectivity index (χ2n) is 5.09. The maximum Gasteiger partial charge on any atom is 0.133 e. The Morgan fingerprint density at radius 2 is 1.23 bits per heavy atom. The van der Waals surface area contributed by atoms with E-state index in [1.807, 2.05) is 0 Å². The van der Waals surface area contributed by atoms with Gasteiger partial charge in [-0.3, -0.25) is 4.79 Å². The van der Waals surface area contributed by atoms with Crippen molar-refractivity contribution in [3.05, 3.63) is 56.5 Å². The second-order valence-corrected chi connectivity index (χ2v) is 6.80. The Morgan fingerprint density at radius 3 is 1.64 bits per heavy atom. The van der Waals surface area contributed by atoms with Gasteiger partial charge in [-0.1, -0.05) is 31.9 Å². The molecular weight excluding hydrogens is 412 g/mol. The van der Waals surface area contributed by atoms with Gasteiger partial charge in [0.2, 0.25) is 0 Å². The average molecular weight is 428 g/mol. The lowest BCUT2D eigenvalue weighted by Crippen LogP contribution is -2.03. The van der Waals surface area contributed by atoms with E-state index in [-0.39, 0.29) is 17.3 Å². The molecule has 0 aromatic heterocycles. The Kier molecular flexibility index (Phi) is 6.03. The molecule has 0 radical (unpaired) electrons. The van der Waals surface area contributed by atoms with Crippen LogP contribution in [0.15, 0.2) is 45.3 Å². The van der Waals surface area contributed by atoms with Crippen LogP contribution in [0.5, 0.6) is 11.5 Å². The third kappa shape index (κ3) is 4.85. The zero-order valence-electron chi connectivity index (χ0n) is 11.9. The normalized spacial score (nSPS) is 10.6. The third-order valence-corrected chi connectivity index (χ3v) is 4.95. The van der Waals surface area contributed by atoms with Crippen LogP contribution in [0.3, 0.4) is 0 Å². The van der Waals surface area contributed by atoms with Crippen molar-refractivity contribution in [1.82, 2.24) is 0 Å². The van der Waals surface area contributed by atoms with Crippen molar-refractivity contribution in [3.63, 3.8) is 0 Å². The molecule has 3 nitrogen and oxygen atoms in total. The van der Waals surface area contributed by atoms with Crippen molar-refractivity contribution in [2.45, 2.75) is 25.7 Å². The minimum atomic E-state index is 0.158. The van der Waals surface area contributed by atoms with Crippen LogP contribution in [-0.4, -0.2) is 16.0 Å².